The number of aliphatic hydroxyl groups excluding tert-OH is 1. The van der Waals surface area contributed by atoms with Gasteiger partial charge in [-0.3, -0.25) is 0 Å². The summed E-state index contributed by atoms with van der Waals surface area (Å²) in [6.07, 6.45) is 1.72. The third kappa shape index (κ3) is 3.08. The molecule has 0 saturated carbocycles. The molecule has 1 atom stereocenters. The molecule has 2 N–H and O–H groups in total. The lowest BCUT2D eigenvalue weighted by molar-refractivity contribution is 0.0952. The van der Waals surface area contributed by atoms with Crippen LogP contribution in [0.15, 0.2) is 18.3 Å². The van der Waals surface area contributed by atoms with Gasteiger partial charge in [-0.05, 0) is 39.8 Å². The van der Waals surface area contributed by atoms with Gasteiger partial charge in [0.1, 0.15) is 0 Å². The number of nitrogens with one attached hydrogen (secondary N) is 1. The molecule has 1 aromatic heterocycles. The highest BCUT2D eigenvalue weighted by Crippen LogP contribution is 2.10. The first-order valence-electron chi connectivity index (χ1n) is 5.54. The fourth-order valence-electron chi connectivity index (χ4n) is 1.38. The molecule has 0 aromatic carbocycles. The number of aliphatic hydroxyl groups is 1. The Morgan fingerprint density at radius 3 is 2.73 bits per heavy atom. The average Bonchev–Trinajstić information content (AvgIpc) is 2.61. The van der Waals surface area contributed by atoms with E-state index in [-0.39, 0.29) is 11.6 Å². The third-order valence-electron chi connectivity index (χ3n) is 3.03. The van der Waals surface area contributed by atoms with Gasteiger partial charge in [-0.2, -0.15) is 0 Å². The second-order valence-corrected chi connectivity index (χ2v) is 4.54. The zero-order valence-corrected chi connectivity index (χ0v) is 10.1. The maximum absolute atomic E-state index is 9.57. The van der Waals surface area contributed by atoms with E-state index in [9.17, 15) is 5.11 Å². The summed E-state index contributed by atoms with van der Waals surface area (Å²) in [6.45, 7) is 9.74. The monoisotopic (exact) mass is 210 g/mol. The van der Waals surface area contributed by atoms with Gasteiger partial charge in [0.25, 0.3) is 0 Å². The summed E-state index contributed by atoms with van der Waals surface area (Å²) in [5.74, 6) is 0. The molecular weight excluding hydrogens is 188 g/mol. The summed E-state index contributed by atoms with van der Waals surface area (Å²) in [6, 6.07) is 4.16. The maximum atomic E-state index is 9.57. The first-order valence-corrected chi connectivity index (χ1v) is 5.54. The van der Waals surface area contributed by atoms with Gasteiger partial charge in [-0.1, -0.05) is 0 Å². The van der Waals surface area contributed by atoms with Crippen LogP contribution in [0.4, 0.5) is 0 Å². The van der Waals surface area contributed by atoms with Gasteiger partial charge in [-0.15, -0.1) is 0 Å². The van der Waals surface area contributed by atoms with Crippen LogP contribution in [0.25, 0.3) is 0 Å². The van der Waals surface area contributed by atoms with Crippen LogP contribution in [0.1, 0.15) is 33.4 Å². The molecule has 3 heteroatoms. The number of aryl methyl sites for hydroxylation is 1. The normalized spacial score (nSPS) is 14.2. The molecule has 86 valence electrons. The molecule has 0 fully saturated rings. The average molecular weight is 210 g/mol. The van der Waals surface area contributed by atoms with Crippen molar-refractivity contribution in [2.45, 2.75) is 52.4 Å². The molecule has 1 rings (SSSR count). The number of hydrogen-bond acceptors (Lipinski definition) is 2. The van der Waals surface area contributed by atoms with Gasteiger partial charge in [0.15, 0.2) is 0 Å². The standard InChI is InChI=1S/C12H22N2O/c1-5-14-8-6-7-11(14)9-13-12(3,4)10(2)15/h6-8,10,13,15H,5,9H2,1-4H3. The van der Waals surface area contributed by atoms with Crippen molar-refractivity contribution in [2.24, 2.45) is 0 Å². The number of hydrogen-bond donors (Lipinski definition) is 2. The van der Waals surface area contributed by atoms with Crippen molar-refractivity contribution in [2.75, 3.05) is 0 Å². The van der Waals surface area contributed by atoms with Crippen molar-refractivity contribution in [3.8, 4) is 0 Å². The van der Waals surface area contributed by atoms with Crippen LogP contribution in [0.2, 0.25) is 0 Å². The molecule has 15 heavy (non-hydrogen) atoms. The van der Waals surface area contributed by atoms with Crippen molar-refractivity contribution in [3.63, 3.8) is 0 Å². The molecule has 0 amide bonds. The first-order chi connectivity index (χ1) is 6.97. The van der Waals surface area contributed by atoms with E-state index in [1.807, 2.05) is 20.8 Å². The zero-order chi connectivity index (χ0) is 11.5. The van der Waals surface area contributed by atoms with Gasteiger partial charge >= 0.3 is 0 Å². The highest BCUT2D eigenvalue weighted by Gasteiger charge is 2.23. The predicted octanol–water partition coefficient (Wildman–Crippen LogP) is 1.76. The van der Waals surface area contributed by atoms with E-state index in [0.29, 0.717) is 0 Å². The third-order valence-corrected chi connectivity index (χ3v) is 3.03. The Balaban J connectivity index is 2.57. The largest absolute Gasteiger partial charge is 0.392 e. The summed E-state index contributed by atoms with van der Waals surface area (Å²) in [5, 5.41) is 12.9. The second kappa shape index (κ2) is 4.81. The first kappa shape index (κ1) is 12.3. The van der Waals surface area contributed by atoms with Crippen LogP contribution >= 0.6 is 0 Å². The van der Waals surface area contributed by atoms with Gasteiger partial charge in [-0.25, -0.2) is 0 Å². The fourth-order valence-corrected chi connectivity index (χ4v) is 1.38. The maximum Gasteiger partial charge on any atom is 0.0688 e. The summed E-state index contributed by atoms with van der Waals surface area (Å²) in [7, 11) is 0. The highest BCUT2D eigenvalue weighted by atomic mass is 16.3. The van der Waals surface area contributed by atoms with Crippen molar-refractivity contribution in [1.82, 2.24) is 9.88 Å². The van der Waals surface area contributed by atoms with Crippen LogP contribution < -0.4 is 5.32 Å². The smallest absolute Gasteiger partial charge is 0.0688 e. The van der Waals surface area contributed by atoms with Gasteiger partial charge in [0, 0.05) is 30.5 Å². The number of rotatable bonds is 5. The van der Waals surface area contributed by atoms with Crippen LogP contribution in [-0.4, -0.2) is 21.3 Å². The van der Waals surface area contributed by atoms with E-state index in [4.69, 9.17) is 0 Å². The molecule has 1 unspecified atom stereocenters. The summed E-state index contributed by atoms with van der Waals surface area (Å²) < 4.78 is 2.20. The minimum absolute atomic E-state index is 0.247. The molecule has 0 aliphatic heterocycles. The quantitative estimate of drug-likeness (QED) is 0.777. The summed E-state index contributed by atoms with van der Waals surface area (Å²) in [5.41, 5.74) is 1.01. The Morgan fingerprint density at radius 2 is 2.20 bits per heavy atom. The molecule has 0 spiro atoms. The lowest BCUT2D eigenvalue weighted by Gasteiger charge is -2.29. The molecule has 3 nitrogen and oxygen atoms in total. The van der Waals surface area contributed by atoms with E-state index >= 15 is 0 Å². The lowest BCUT2D eigenvalue weighted by Crippen LogP contribution is -2.47. The highest BCUT2D eigenvalue weighted by molar-refractivity contribution is 5.07. The van der Waals surface area contributed by atoms with E-state index in [0.717, 1.165) is 13.1 Å². The Kier molecular flexibility index (Phi) is 3.94. The van der Waals surface area contributed by atoms with Crippen molar-refractivity contribution >= 4 is 0 Å². The van der Waals surface area contributed by atoms with E-state index in [1.165, 1.54) is 5.69 Å². The Morgan fingerprint density at radius 1 is 1.53 bits per heavy atom. The fraction of sp³-hybridized carbons (Fsp3) is 0.667. The van der Waals surface area contributed by atoms with E-state index in [2.05, 4.69) is 35.1 Å². The topological polar surface area (TPSA) is 37.2 Å². The Bertz CT molecular complexity index is 302. The minimum atomic E-state index is -0.359. The molecule has 1 heterocycles. The second-order valence-electron chi connectivity index (χ2n) is 4.54. The van der Waals surface area contributed by atoms with E-state index in [1.54, 1.807) is 0 Å². The van der Waals surface area contributed by atoms with E-state index < -0.39 is 0 Å². The summed E-state index contributed by atoms with van der Waals surface area (Å²) >= 11 is 0. The zero-order valence-electron chi connectivity index (χ0n) is 10.1. The van der Waals surface area contributed by atoms with Crippen molar-refractivity contribution in [3.05, 3.63) is 24.0 Å². The molecule has 1 aromatic rings. The summed E-state index contributed by atoms with van der Waals surface area (Å²) in [4.78, 5) is 0. The van der Waals surface area contributed by atoms with Crippen molar-refractivity contribution < 1.29 is 5.11 Å². The molecule has 0 bridgehead atoms. The van der Waals surface area contributed by atoms with Gasteiger partial charge in [0.05, 0.1) is 6.10 Å². The molecule has 0 aliphatic rings. The molecule has 0 saturated heterocycles. The number of aromatic nitrogens is 1. The Hall–Kier alpha value is -0.800. The van der Waals surface area contributed by atoms with Crippen molar-refractivity contribution in [1.29, 1.82) is 0 Å². The van der Waals surface area contributed by atoms with Gasteiger partial charge < -0.3 is 15.0 Å². The van der Waals surface area contributed by atoms with Crippen LogP contribution in [0.3, 0.4) is 0 Å². The molecular formula is C12H22N2O. The predicted molar refractivity (Wildman–Crippen MR) is 62.7 cm³/mol. The van der Waals surface area contributed by atoms with Crippen LogP contribution in [0.5, 0.6) is 0 Å². The molecule has 0 radical (unpaired) electrons. The minimum Gasteiger partial charge on any atom is -0.392 e. The lowest BCUT2D eigenvalue weighted by atomic mass is 9.99. The van der Waals surface area contributed by atoms with Crippen LogP contribution in [0, 0.1) is 0 Å². The SMILES string of the molecule is CCn1cccc1CNC(C)(C)C(C)O. The number of nitrogens with zero attached hydrogens (tertiary/aromatic N) is 1. The van der Waals surface area contributed by atoms with Gasteiger partial charge in [0.2, 0.25) is 0 Å². The molecule has 0 aliphatic carbocycles. The van der Waals surface area contributed by atoms with Crippen LogP contribution in [-0.2, 0) is 13.1 Å². The Labute approximate surface area is 92.1 Å².